The van der Waals surface area contributed by atoms with E-state index in [2.05, 4.69) is 16.9 Å². The number of ether oxygens (including phenoxy) is 1. The molecule has 1 saturated carbocycles. The van der Waals surface area contributed by atoms with E-state index in [1.807, 2.05) is 107 Å². The third kappa shape index (κ3) is 11.3. The molecule has 2 aliphatic heterocycles. The molecule has 2 heterocycles. The molecule has 1 amide bonds. The number of carbonyl (C=O) groups is 2. The largest absolute Gasteiger partial charge is 0.380 e. The van der Waals surface area contributed by atoms with E-state index >= 15 is 0 Å². The number of aldehydes is 1. The lowest BCUT2D eigenvalue weighted by Crippen LogP contribution is -2.39. The van der Waals surface area contributed by atoms with E-state index in [1.54, 1.807) is 24.3 Å². The van der Waals surface area contributed by atoms with E-state index in [4.69, 9.17) is 4.74 Å². The average molecular weight is 560 g/mol. The summed E-state index contributed by atoms with van der Waals surface area (Å²) in [6.07, 6.45) is 21.6. The number of nitrogens with zero attached hydrogens (tertiary/aromatic N) is 2. The third-order valence-electron chi connectivity index (χ3n) is 6.59. The van der Waals surface area contributed by atoms with Crippen LogP contribution in [-0.4, -0.2) is 43.0 Å². The zero-order chi connectivity index (χ0) is 30.5. The maximum absolute atomic E-state index is 13.1. The number of likely N-dealkylation sites (tertiary alicyclic amines) is 1. The summed E-state index contributed by atoms with van der Waals surface area (Å²) in [7, 11) is 1.70. The molecule has 1 unspecified atom stereocenters. The molecule has 3 aliphatic rings. The van der Waals surface area contributed by atoms with E-state index in [-0.39, 0.29) is 11.3 Å². The van der Waals surface area contributed by atoms with Gasteiger partial charge in [0, 0.05) is 24.4 Å². The molecular weight excluding hydrogens is 510 g/mol. The Balaban J connectivity index is 0.000000541. The summed E-state index contributed by atoms with van der Waals surface area (Å²) in [5.41, 5.74) is 3.28. The lowest BCUT2D eigenvalue weighted by atomic mass is 10.0. The summed E-state index contributed by atoms with van der Waals surface area (Å²) in [6, 6.07) is 9.69. The lowest BCUT2D eigenvalue weighted by molar-refractivity contribution is -0.129. The lowest BCUT2D eigenvalue weighted by Gasteiger charge is -2.24. The zero-order valence-corrected chi connectivity index (χ0v) is 25.8. The normalized spacial score (nSPS) is 22.8. The van der Waals surface area contributed by atoms with Crippen LogP contribution in [0.25, 0.3) is 0 Å². The highest BCUT2D eigenvalue weighted by Gasteiger charge is 2.56. The molecule has 0 bridgehead atoms. The molecule has 1 N–H and O–H groups in total. The van der Waals surface area contributed by atoms with Gasteiger partial charge in [0.05, 0.1) is 30.6 Å². The molecule has 0 aromatic heterocycles. The van der Waals surface area contributed by atoms with Crippen LogP contribution in [0.4, 0.5) is 0 Å². The molecule has 1 aliphatic carbocycles. The fourth-order valence-electron chi connectivity index (χ4n) is 4.36. The Hall–Kier alpha value is -3.77. The number of hydrogen-bond acceptors (Lipinski definition) is 5. The van der Waals surface area contributed by atoms with Crippen molar-refractivity contribution in [1.29, 1.82) is 0 Å². The van der Waals surface area contributed by atoms with Crippen molar-refractivity contribution < 1.29 is 14.3 Å². The number of methoxy groups -OCH3 is 1. The van der Waals surface area contributed by atoms with Gasteiger partial charge >= 0.3 is 0 Å². The van der Waals surface area contributed by atoms with Crippen LogP contribution in [0.5, 0.6) is 0 Å². The smallest absolute Gasteiger partial charge is 0.274 e. The average Bonchev–Trinajstić information content (AvgIpc) is 3.75. The van der Waals surface area contributed by atoms with Crippen molar-refractivity contribution in [3.05, 3.63) is 108 Å². The number of rotatable bonds is 7. The summed E-state index contributed by atoms with van der Waals surface area (Å²) in [5, 5.41) is 3.20. The van der Waals surface area contributed by atoms with Crippen molar-refractivity contribution in [2.24, 2.45) is 10.4 Å². The molecule has 0 radical (unpaired) electrons. The second-order valence-electron chi connectivity index (χ2n) is 9.19. The van der Waals surface area contributed by atoms with E-state index in [9.17, 15) is 9.59 Å². The molecule has 41 heavy (non-hydrogen) atoms. The maximum Gasteiger partial charge on any atom is 0.274 e. The van der Waals surface area contributed by atoms with Gasteiger partial charge < -0.3 is 19.7 Å². The molecule has 1 saturated heterocycles. The highest BCUT2D eigenvalue weighted by molar-refractivity contribution is 5.96. The minimum atomic E-state index is -0.420. The van der Waals surface area contributed by atoms with Crippen LogP contribution in [0.2, 0.25) is 0 Å². The van der Waals surface area contributed by atoms with Crippen LogP contribution in [0, 0.1) is 5.41 Å². The summed E-state index contributed by atoms with van der Waals surface area (Å²) in [6.45, 7) is 15.1. The molecular formula is C35H49N3O3. The Morgan fingerprint density at radius 3 is 2.37 bits per heavy atom. The first-order chi connectivity index (χ1) is 20.0. The van der Waals surface area contributed by atoms with Crippen LogP contribution in [0.15, 0.2) is 108 Å². The number of nitrogens with one attached hydrogen (secondary N) is 1. The van der Waals surface area contributed by atoms with Crippen LogP contribution in [0.3, 0.4) is 0 Å². The first-order valence-corrected chi connectivity index (χ1v) is 14.7. The molecule has 1 spiro atoms. The summed E-state index contributed by atoms with van der Waals surface area (Å²) >= 11 is 0. The van der Waals surface area contributed by atoms with Gasteiger partial charge in [0.25, 0.3) is 5.91 Å². The molecule has 6 heteroatoms. The third-order valence-corrected chi connectivity index (χ3v) is 6.59. The number of aliphatic imine (C=N–C) groups is 1. The molecule has 4 rings (SSSR count). The predicted octanol–water partition coefficient (Wildman–Crippen LogP) is 7.49. The van der Waals surface area contributed by atoms with Gasteiger partial charge in [-0.25, -0.2) is 0 Å². The standard InChI is InChI=1S/C23H27N3O2.C8H10O.2C2H6/c1-3-21(22(28)26-18(2)23(12-13-23)15-20(26)17-27)25-16-19-11-9-7-5-4-6-8-10-14-24-19;1-9-7-8-5-3-2-4-6-8;2*1-2/h3-8,10-11,14,17,20,25H,2,9,12-13,15-16H2,1H3;2-6H,7H2,1H3;2*1-2H3/b6-4-,7-5-,10-8+,19-11-,21-3+,24-14-;;;. The van der Waals surface area contributed by atoms with Crippen molar-refractivity contribution in [1.82, 2.24) is 10.2 Å². The molecule has 6 nitrogen and oxygen atoms in total. The highest BCUT2D eigenvalue weighted by atomic mass is 16.5. The first-order valence-electron chi connectivity index (χ1n) is 14.7. The first kappa shape index (κ1) is 35.3. The summed E-state index contributed by atoms with van der Waals surface area (Å²) in [4.78, 5) is 30.7. The Bertz CT molecular complexity index is 1120. The van der Waals surface area contributed by atoms with E-state index in [1.165, 1.54) is 5.56 Å². The highest BCUT2D eigenvalue weighted by Crippen LogP contribution is 2.60. The van der Waals surface area contributed by atoms with Gasteiger partial charge in [-0.3, -0.25) is 9.79 Å². The monoisotopic (exact) mass is 559 g/mol. The van der Waals surface area contributed by atoms with E-state index in [0.717, 1.165) is 36.9 Å². The predicted molar refractivity (Wildman–Crippen MR) is 172 cm³/mol. The Labute approximate surface area is 248 Å². The van der Waals surface area contributed by atoms with Gasteiger partial charge in [-0.1, -0.05) is 107 Å². The maximum atomic E-state index is 13.1. The fourth-order valence-corrected chi connectivity index (χ4v) is 4.36. The van der Waals surface area contributed by atoms with Crippen molar-refractivity contribution in [3.63, 3.8) is 0 Å². The number of benzene rings is 1. The molecule has 1 aromatic carbocycles. The van der Waals surface area contributed by atoms with E-state index < -0.39 is 6.04 Å². The summed E-state index contributed by atoms with van der Waals surface area (Å²) in [5.74, 6) is -0.196. The molecule has 1 aromatic rings. The van der Waals surface area contributed by atoms with Gasteiger partial charge in [-0.05, 0) is 44.2 Å². The SMILES string of the molecule is C=C1N(C(=O)/C(=C\C)NCC2=C\C\C=C/C=C\C=C\C=N/2)C(C=O)CC12CC2.CC.CC.COCc1ccccc1. The second-order valence-corrected chi connectivity index (χ2v) is 9.19. The van der Waals surface area contributed by atoms with Crippen LogP contribution in [-0.2, 0) is 20.9 Å². The van der Waals surface area contributed by atoms with Gasteiger partial charge in [0.15, 0.2) is 0 Å². The van der Waals surface area contributed by atoms with Crippen molar-refractivity contribution >= 4 is 18.4 Å². The van der Waals surface area contributed by atoms with Crippen LogP contribution >= 0.6 is 0 Å². The van der Waals surface area contributed by atoms with Gasteiger partial charge in [-0.2, -0.15) is 0 Å². The van der Waals surface area contributed by atoms with Gasteiger partial charge in [0.2, 0.25) is 0 Å². The van der Waals surface area contributed by atoms with Gasteiger partial charge in [-0.15, -0.1) is 0 Å². The quantitative estimate of drug-likeness (QED) is 0.278. The number of amides is 1. The topological polar surface area (TPSA) is 71.0 Å². The van der Waals surface area contributed by atoms with Crippen LogP contribution < -0.4 is 5.32 Å². The van der Waals surface area contributed by atoms with Gasteiger partial charge in [0.1, 0.15) is 6.29 Å². The number of allylic oxidation sites excluding steroid dienone is 9. The van der Waals surface area contributed by atoms with Crippen molar-refractivity contribution in [2.45, 2.75) is 73.0 Å². The van der Waals surface area contributed by atoms with Crippen LogP contribution in [0.1, 0.15) is 65.9 Å². The minimum absolute atomic E-state index is 0.0333. The molecule has 2 fully saturated rings. The Kier molecular flexibility index (Phi) is 17.3. The number of carbonyl (C=O) groups excluding carboxylic acids is 2. The molecule has 1 atom stereocenters. The molecule has 222 valence electrons. The minimum Gasteiger partial charge on any atom is -0.380 e. The Morgan fingerprint density at radius 1 is 1.10 bits per heavy atom. The fraction of sp³-hybridized carbons (Fsp3) is 0.400. The zero-order valence-electron chi connectivity index (χ0n) is 25.8. The second kappa shape index (κ2) is 20.2. The summed E-state index contributed by atoms with van der Waals surface area (Å²) < 4.78 is 4.93. The van der Waals surface area contributed by atoms with Crippen molar-refractivity contribution in [3.8, 4) is 0 Å². The Morgan fingerprint density at radius 2 is 1.76 bits per heavy atom. The number of hydrogen-bond donors (Lipinski definition) is 1. The van der Waals surface area contributed by atoms with Crippen molar-refractivity contribution in [2.75, 3.05) is 13.7 Å². The van der Waals surface area contributed by atoms with E-state index in [0.29, 0.717) is 25.3 Å².